The molecule has 0 unspecified atom stereocenters. The number of H-pyrrole nitrogens is 1. The van der Waals surface area contributed by atoms with Crippen LogP contribution in [0.4, 0.5) is 5.69 Å². The van der Waals surface area contributed by atoms with Gasteiger partial charge in [0.05, 0.1) is 11.7 Å². The van der Waals surface area contributed by atoms with Crippen LogP contribution in [0.2, 0.25) is 0 Å². The van der Waals surface area contributed by atoms with E-state index >= 15 is 0 Å². The van der Waals surface area contributed by atoms with Crippen LogP contribution in [0.5, 0.6) is 0 Å². The Labute approximate surface area is 112 Å². The molecule has 0 spiro atoms. The first-order chi connectivity index (χ1) is 9.24. The van der Waals surface area contributed by atoms with Crippen molar-refractivity contribution in [2.75, 3.05) is 5.32 Å². The molecule has 96 valence electrons. The largest absolute Gasteiger partial charge is 0.380 e. The van der Waals surface area contributed by atoms with Gasteiger partial charge in [0, 0.05) is 17.6 Å². The molecule has 3 aromatic rings. The molecule has 3 nitrogen and oxygen atoms in total. The molecule has 0 bridgehead atoms. The van der Waals surface area contributed by atoms with Gasteiger partial charge in [-0.3, -0.25) is 5.10 Å². The number of hydrogen-bond acceptors (Lipinski definition) is 2. The van der Waals surface area contributed by atoms with Gasteiger partial charge in [-0.25, -0.2) is 0 Å². The van der Waals surface area contributed by atoms with Crippen LogP contribution in [0.1, 0.15) is 16.7 Å². The molecule has 0 aliphatic carbocycles. The van der Waals surface area contributed by atoms with Crippen LogP contribution in [0.25, 0.3) is 10.9 Å². The van der Waals surface area contributed by atoms with Crippen molar-refractivity contribution in [3.63, 3.8) is 0 Å². The number of anilines is 1. The third kappa shape index (κ3) is 2.32. The number of fused-ring (bicyclic) bond motifs is 1. The number of aromatic nitrogens is 2. The summed E-state index contributed by atoms with van der Waals surface area (Å²) in [5, 5.41) is 11.7. The number of aromatic amines is 1. The predicted molar refractivity (Wildman–Crippen MR) is 79.3 cm³/mol. The zero-order valence-corrected chi connectivity index (χ0v) is 11.2. The maximum atomic E-state index is 4.08. The number of rotatable bonds is 3. The van der Waals surface area contributed by atoms with E-state index in [1.807, 2.05) is 18.3 Å². The first-order valence-electron chi connectivity index (χ1n) is 6.46. The molecule has 1 heterocycles. The van der Waals surface area contributed by atoms with E-state index in [0.717, 1.165) is 23.1 Å². The lowest BCUT2D eigenvalue weighted by molar-refractivity contribution is 1.12. The van der Waals surface area contributed by atoms with E-state index < -0.39 is 0 Å². The SMILES string of the molecule is Cc1ccc(CNc2cccc3[nH]ncc23)cc1C. The Bertz CT molecular complexity index is 713. The summed E-state index contributed by atoms with van der Waals surface area (Å²) >= 11 is 0. The van der Waals surface area contributed by atoms with Crippen LogP contribution in [-0.2, 0) is 6.54 Å². The fourth-order valence-corrected chi connectivity index (χ4v) is 2.23. The van der Waals surface area contributed by atoms with E-state index in [1.165, 1.54) is 16.7 Å². The minimum absolute atomic E-state index is 0.825. The van der Waals surface area contributed by atoms with Gasteiger partial charge < -0.3 is 5.32 Å². The molecule has 0 saturated carbocycles. The molecule has 0 aliphatic rings. The van der Waals surface area contributed by atoms with Crippen molar-refractivity contribution in [2.45, 2.75) is 20.4 Å². The lowest BCUT2D eigenvalue weighted by Crippen LogP contribution is -2.00. The highest BCUT2D eigenvalue weighted by Gasteiger charge is 2.02. The molecule has 2 aromatic carbocycles. The first kappa shape index (κ1) is 11.8. The normalized spacial score (nSPS) is 10.8. The van der Waals surface area contributed by atoms with Crippen molar-refractivity contribution < 1.29 is 0 Å². The fraction of sp³-hybridized carbons (Fsp3) is 0.188. The van der Waals surface area contributed by atoms with Crippen LogP contribution in [0.15, 0.2) is 42.6 Å². The van der Waals surface area contributed by atoms with Crippen LogP contribution in [-0.4, -0.2) is 10.2 Å². The van der Waals surface area contributed by atoms with Gasteiger partial charge >= 0.3 is 0 Å². The van der Waals surface area contributed by atoms with Crippen molar-refractivity contribution in [3.05, 3.63) is 59.3 Å². The van der Waals surface area contributed by atoms with Gasteiger partial charge in [-0.1, -0.05) is 24.3 Å². The Morgan fingerprint density at radius 3 is 2.84 bits per heavy atom. The van der Waals surface area contributed by atoms with E-state index in [4.69, 9.17) is 0 Å². The van der Waals surface area contributed by atoms with Gasteiger partial charge in [0.2, 0.25) is 0 Å². The van der Waals surface area contributed by atoms with E-state index in [-0.39, 0.29) is 0 Å². The fourth-order valence-electron chi connectivity index (χ4n) is 2.23. The van der Waals surface area contributed by atoms with E-state index in [2.05, 4.69) is 53.6 Å². The van der Waals surface area contributed by atoms with Crippen molar-refractivity contribution in [1.29, 1.82) is 0 Å². The van der Waals surface area contributed by atoms with Gasteiger partial charge in [-0.15, -0.1) is 0 Å². The molecule has 0 amide bonds. The van der Waals surface area contributed by atoms with Crippen LogP contribution < -0.4 is 5.32 Å². The summed E-state index contributed by atoms with van der Waals surface area (Å²) in [5.41, 5.74) is 6.14. The van der Waals surface area contributed by atoms with Gasteiger partial charge in [-0.05, 0) is 42.7 Å². The average molecular weight is 251 g/mol. The molecule has 2 N–H and O–H groups in total. The lowest BCUT2D eigenvalue weighted by Gasteiger charge is -2.09. The first-order valence-corrected chi connectivity index (χ1v) is 6.46. The number of aryl methyl sites for hydroxylation is 2. The Morgan fingerprint density at radius 1 is 1.11 bits per heavy atom. The Kier molecular flexibility index (Phi) is 2.95. The summed E-state index contributed by atoms with van der Waals surface area (Å²) in [5.74, 6) is 0. The Hall–Kier alpha value is -2.29. The molecule has 3 rings (SSSR count). The van der Waals surface area contributed by atoms with Gasteiger partial charge in [-0.2, -0.15) is 5.10 Å². The maximum Gasteiger partial charge on any atom is 0.0671 e. The molecule has 0 radical (unpaired) electrons. The van der Waals surface area contributed by atoms with Crippen molar-refractivity contribution >= 4 is 16.6 Å². The second kappa shape index (κ2) is 4.76. The van der Waals surface area contributed by atoms with Crippen molar-refractivity contribution in [1.82, 2.24) is 10.2 Å². The Morgan fingerprint density at radius 2 is 2.00 bits per heavy atom. The monoisotopic (exact) mass is 251 g/mol. The van der Waals surface area contributed by atoms with Crippen LogP contribution in [0.3, 0.4) is 0 Å². The Balaban J connectivity index is 1.82. The molecular weight excluding hydrogens is 234 g/mol. The van der Waals surface area contributed by atoms with Crippen molar-refractivity contribution in [2.24, 2.45) is 0 Å². The molecule has 0 saturated heterocycles. The summed E-state index contributed by atoms with van der Waals surface area (Å²) < 4.78 is 0. The van der Waals surface area contributed by atoms with E-state index in [9.17, 15) is 0 Å². The summed E-state index contributed by atoms with van der Waals surface area (Å²) in [7, 11) is 0. The zero-order valence-electron chi connectivity index (χ0n) is 11.2. The van der Waals surface area contributed by atoms with Crippen LogP contribution >= 0.6 is 0 Å². The molecule has 19 heavy (non-hydrogen) atoms. The predicted octanol–water partition coefficient (Wildman–Crippen LogP) is 3.79. The van der Waals surface area contributed by atoms with Gasteiger partial charge in [0.1, 0.15) is 0 Å². The highest BCUT2D eigenvalue weighted by molar-refractivity contribution is 5.90. The quantitative estimate of drug-likeness (QED) is 0.743. The second-order valence-electron chi connectivity index (χ2n) is 4.91. The maximum absolute atomic E-state index is 4.08. The van der Waals surface area contributed by atoms with E-state index in [1.54, 1.807) is 0 Å². The standard InChI is InChI=1S/C16H17N3/c1-11-6-7-13(8-12(11)2)9-17-15-4-3-5-16-14(15)10-18-19-16/h3-8,10,17H,9H2,1-2H3,(H,18,19). The molecule has 0 aliphatic heterocycles. The minimum Gasteiger partial charge on any atom is -0.380 e. The zero-order chi connectivity index (χ0) is 13.2. The van der Waals surface area contributed by atoms with Crippen molar-refractivity contribution in [3.8, 4) is 0 Å². The summed E-state index contributed by atoms with van der Waals surface area (Å²) in [6.45, 7) is 5.11. The van der Waals surface area contributed by atoms with Gasteiger partial charge in [0.25, 0.3) is 0 Å². The van der Waals surface area contributed by atoms with Crippen LogP contribution in [0, 0.1) is 13.8 Å². The smallest absolute Gasteiger partial charge is 0.0671 e. The summed E-state index contributed by atoms with van der Waals surface area (Å²) in [6.07, 6.45) is 1.86. The molecule has 1 aromatic heterocycles. The molecule has 0 fully saturated rings. The topological polar surface area (TPSA) is 40.7 Å². The average Bonchev–Trinajstić information content (AvgIpc) is 2.89. The van der Waals surface area contributed by atoms with E-state index in [0.29, 0.717) is 0 Å². The third-order valence-electron chi connectivity index (χ3n) is 3.54. The third-order valence-corrected chi connectivity index (χ3v) is 3.54. The minimum atomic E-state index is 0.825. The number of hydrogen-bond donors (Lipinski definition) is 2. The summed E-state index contributed by atoms with van der Waals surface area (Å²) in [4.78, 5) is 0. The molecule has 0 atom stereocenters. The number of benzene rings is 2. The molecular formula is C16H17N3. The summed E-state index contributed by atoms with van der Waals surface area (Å²) in [6, 6.07) is 12.7. The highest BCUT2D eigenvalue weighted by Crippen LogP contribution is 2.21. The number of nitrogens with zero attached hydrogens (tertiary/aromatic N) is 1. The lowest BCUT2D eigenvalue weighted by atomic mass is 10.1. The molecule has 3 heteroatoms. The highest BCUT2D eigenvalue weighted by atomic mass is 15.1. The van der Waals surface area contributed by atoms with Gasteiger partial charge in [0.15, 0.2) is 0 Å². The second-order valence-corrected chi connectivity index (χ2v) is 4.91. The number of nitrogens with one attached hydrogen (secondary N) is 2.